The van der Waals surface area contributed by atoms with Gasteiger partial charge in [0, 0.05) is 18.9 Å². The summed E-state index contributed by atoms with van der Waals surface area (Å²) in [6.45, 7) is 2.91. The first-order valence-electron chi connectivity index (χ1n) is 9.98. The molecule has 0 saturated heterocycles. The highest BCUT2D eigenvalue weighted by atomic mass is 16.5. The van der Waals surface area contributed by atoms with E-state index in [4.69, 9.17) is 4.74 Å². The second-order valence-corrected chi connectivity index (χ2v) is 6.84. The molecule has 30 heavy (non-hydrogen) atoms. The smallest absolute Gasteiger partial charge is 0.246 e. The average molecular weight is 400 g/mol. The zero-order valence-electron chi connectivity index (χ0n) is 16.8. The number of nitrogens with one attached hydrogen (secondary N) is 2. The zero-order valence-corrected chi connectivity index (χ0v) is 16.8. The Morgan fingerprint density at radius 2 is 1.80 bits per heavy atom. The van der Waals surface area contributed by atoms with Crippen molar-refractivity contribution >= 4 is 17.2 Å². The van der Waals surface area contributed by atoms with Crippen LogP contribution >= 0.6 is 0 Å². The van der Waals surface area contributed by atoms with Crippen molar-refractivity contribution in [3.05, 3.63) is 96.4 Å². The number of ether oxygens (including phenoxy) is 1. The van der Waals surface area contributed by atoms with Gasteiger partial charge in [-0.15, -0.1) is 0 Å². The fourth-order valence-electron chi connectivity index (χ4n) is 3.34. The Morgan fingerprint density at radius 3 is 2.60 bits per heavy atom. The molecule has 2 aromatic heterocycles. The Hall–Kier alpha value is -3.64. The van der Waals surface area contributed by atoms with E-state index in [1.54, 1.807) is 0 Å². The molecule has 1 amide bonds. The minimum Gasteiger partial charge on any atom is -0.492 e. The summed E-state index contributed by atoms with van der Waals surface area (Å²) in [6, 6.07) is 22.4. The van der Waals surface area contributed by atoms with Gasteiger partial charge < -0.3 is 14.5 Å². The summed E-state index contributed by atoms with van der Waals surface area (Å²) in [6.07, 6.45) is 3.92. The molecule has 4 rings (SSSR count). The van der Waals surface area contributed by atoms with Gasteiger partial charge in [0.25, 0.3) is 0 Å². The molecule has 2 aromatic carbocycles. The maximum absolute atomic E-state index is 13.2. The van der Waals surface area contributed by atoms with Crippen molar-refractivity contribution in [2.75, 3.05) is 11.9 Å². The third-order valence-electron chi connectivity index (χ3n) is 4.74. The van der Waals surface area contributed by atoms with Crippen molar-refractivity contribution in [3.63, 3.8) is 0 Å². The van der Waals surface area contributed by atoms with Crippen LogP contribution in [0.1, 0.15) is 24.2 Å². The maximum atomic E-state index is 13.2. The molecule has 0 aliphatic carbocycles. The number of rotatable bonds is 8. The predicted molar refractivity (Wildman–Crippen MR) is 117 cm³/mol. The van der Waals surface area contributed by atoms with Crippen molar-refractivity contribution in [1.29, 1.82) is 0 Å². The summed E-state index contributed by atoms with van der Waals surface area (Å²) >= 11 is 0. The van der Waals surface area contributed by atoms with Gasteiger partial charge in [-0.25, -0.2) is 4.98 Å². The lowest BCUT2D eigenvalue weighted by atomic mass is 10.1. The summed E-state index contributed by atoms with van der Waals surface area (Å²) in [5.41, 5.74) is 3.28. The summed E-state index contributed by atoms with van der Waals surface area (Å²) in [7, 11) is 0. The molecular weight excluding hydrogens is 376 g/mol. The summed E-state index contributed by atoms with van der Waals surface area (Å²) in [5.74, 6) is 0.498. The number of pyridine rings is 1. The van der Waals surface area contributed by atoms with Crippen LogP contribution in [0, 0.1) is 0 Å². The standard InChI is InChI=1S/C24H24N4O2/c1-2-30-21-13-7-6-12-20(21)27-24(29)23(18-10-4-3-5-11-18)25-16-19-17-28-15-9-8-14-22(28)26-19/h3-15,17,23,25H,2,16H2,1H3,(H,27,29). The molecule has 4 aromatic rings. The summed E-state index contributed by atoms with van der Waals surface area (Å²) in [5, 5.41) is 6.36. The van der Waals surface area contributed by atoms with E-state index in [2.05, 4.69) is 15.6 Å². The number of anilines is 1. The summed E-state index contributed by atoms with van der Waals surface area (Å²) < 4.78 is 7.60. The third kappa shape index (κ3) is 4.50. The number of hydrogen-bond donors (Lipinski definition) is 2. The highest BCUT2D eigenvalue weighted by Gasteiger charge is 2.21. The molecule has 1 atom stereocenters. The molecule has 0 fully saturated rings. The first-order valence-corrected chi connectivity index (χ1v) is 9.98. The Labute approximate surface area is 175 Å². The van der Waals surface area contributed by atoms with Crippen LogP contribution in [0.25, 0.3) is 5.65 Å². The lowest BCUT2D eigenvalue weighted by Crippen LogP contribution is -2.33. The van der Waals surface area contributed by atoms with E-state index in [-0.39, 0.29) is 5.91 Å². The van der Waals surface area contributed by atoms with E-state index in [1.807, 2.05) is 96.5 Å². The van der Waals surface area contributed by atoms with Crippen LogP contribution in [-0.4, -0.2) is 21.9 Å². The molecular formula is C24H24N4O2. The highest BCUT2D eigenvalue weighted by Crippen LogP contribution is 2.25. The Balaban J connectivity index is 1.54. The lowest BCUT2D eigenvalue weighted by Gasteiger charge is -2.19. The molecule has 152 valence electrons. The van der Waals surface area contributed by atoms with Crippen LogP contribution in [0.2, 0.25) is 0 Å². The minimum atomic E-state index is -0.536. The van der Waals surface area contributed by atoms with Crippen molar-refractivity contribution in [3.8, 4) is 5.75 Å². The Bertz CT molecular complexity index is 1090. The SMILES string of the molecule is CCOc1ccccc1NC(=O)C(NCc1cn2ccccc2n1)c1ccccc1. The third-order valence-corrected chi connectivity index (χ3v) is 4.74. The number of benzene rings is 2. The van der Waals surface area contributed by atoms with Crippen molar-refractivity contribution in [2.24, 2.45) is 0 Å². The van der Waals surface area contributed by atoms with Crippen LogP contribution in [0.3, 0.4) is 0 Å². The number of hydrogen-bond acceptors (Lipinski definition) is 4. The molecule has 2 N–H and O–H groups in total. The monoisotopic (exact) mass is 400 g/mol. The molecule has 1 unspecified atom stereocenters. The van der Waals surface area contributed by atoms with Gasteiger partial charge in [0.1, 0.15) is 17.4 Å². The first-order chi connectivity index (χ1) is 14.7. The van der Waals surface area contributed by atoms with Gasteiger partial charge in [0.15, 0.2) is 0 Å². The fraction of sp³-hybridized carbons (Fsp3) is 0.167. The van der Waals surface area contributed by atoms with E-state index in [9.17, 15) is 4.79 Å². The van der Waals surface area contributed by atoms with Gasteiger partial charge in [0.05, 0.1) is 18.0 Å². The van der Waals surface area contributed by atoms with Crippen LogP contribution < -0.4 is 15.4 Å². The van der Waals surface area contributed by atoms with E-state index >= 15 is 0 Å². The van der Waals surface area contributed by atoms with Crippen LogP contribution in [-0.2, 0) is 11.3 Å². The van der Waals surface area contributed by atoms with Crippen molar-refractivity contribution in [2.45, 2.75) is 19.5 Å². The molecule has 0 aliphatic rings. The molecule has 0 spiro atoms. The number of amides is 1. The number of imidazole rings is 1. The molecule has 6 nitrogen and oxygen atoms in total. The minimum absolute atomic E-state index is 0.155. The predicted octanol–water partition coefficient (Wildman–Crippen LogP) is 4.20. The lowest BCUT2D eigenvalue weighted by molar-refractivity contribution is -0.118. The molecule has 0 aliphatic heterocycles. The largest absolute Gasteiger partial charge is 0.492 e. The number of carbonyl (C=O) groups is 1. The zero-order chi connectivity index (χ0) is 20.8. The number of nitrogens with zero attached hydrogens (tertiary/aromatic N) is 2. The van der Waals surface area contributed by atoms with Gasteiger partial charge in [-0.3, -0.25) is 10.1 Å². The first kappa shape index (κ1) is 19.7. The van der Waals surface area contributed by atoms with Gasteiger partial charge in [-0.05, 0) is 36.8 Å². The molecule has 0 bridgehead atoms. The second-order valence-electron chi connectivity index (χ2n) is 6.84. The van der Waals surface area contributed by atoms with Crippen molar-refractivity contribution in [1.82, 2.24) is 14.7 Å². The number of para-hydroxylation sites is 2. The highest BCUT2D eigenvalue weighted by molar-refractivity contribution is 5.96. The Kier molecular flexibility index (Phi) is 6.06. The van der Waals surface area contributed by atoms with E-state index in [0.29, 0.717) is 24.6 Å². The Morgan fingerprint density at radius 1 is 1.03 bits per heavy atom. The van der Waals surface area contributed by atoms with E-state index in [0.717, 1.165) is 16.9 Å². The quantitative estimate of drug-likeness (QED) is 0.465. The van der Waals surface area contributed by atoms with Gasteiger partial charge >= 0.3 is 0 Å². The second kappa shape index (κ2) is 9.24. The number of aromatic nitrogens is 2. The van der Waals surface area contributed by atoms with Gasteiger partial charge in [0.2, 0.25) is 5.91 Å². The normalized spacial score (nSPS) is 11.9. The average Bonchev–Trinajstić information content (AvgIpc) is 3.19. The van der Waals surface area contributed by atoms with Crippen LogP contribution in [0.4, 0.5) is 5.69 Å². The molecule has 2 heterocycles. The molecule has 6 heteroatoms. The van der Waals surface area contributed by atoms with Crippen LogP contribution in [0.15, 0.2) is 85.2 Å². The molecule has 0 radical (unpaired) electrons. The van der Waals surface area contributed by atoms with Gasteiger partial charge in [-0.2, -0.15) is 0 Å². The number of carbonyl (C=O) groups excluding carboxylic acids is 1. The van der Waals surface area contributed by atoms with Gasteiger partial charge in [-0.1, -0.05) is 48.5 Å². The molecule has 0 saturated carbocycles. The van der Waals surface area contributed by atoms with Crippen LogP contribution in [0.5, 0.6) is 5.75 Å². The van der Waals surface area contributed by atoms with E-state index < -0.39 is 6.04 Å². The maximum Gasteiger partial charge on any atom is 0.246 e. The fourth-order valence-corrected chi connectivity index (χ4v) is 3.34. The van der Waals surface area contributed by atoms with E-state index in [1.165, 1.54) is 0 Å². The number of fused-ring (bicyclic) bond motifs is 1. The summed E-state index contributed by atoms with van der Waals surface area (Å²) in [4.78, 5) is 17.8. The topological polar surface area (TPSA) is 67.7 Å². The van der Waals surface area contributed by atoms with Crippen molar-refractivity contribution < 1.29 is 9.53 Å².